The molecule has 0 radical (unpaired) electrons. The zero-order chi connectivity index (χ0) is 13.7. The van der Waals surface area contributed by atoms with Crippen LogP contribution >= 0.6 is 0 Å². The maximum atomic E-state index is 11.9. The largest absolute Gasteiger partial charge is 0.354 e. The number of hydrogen-bond donors (Lipinski definition) is 3. The Morgan fingerprint density at radius 2 is 2.05 bits per heavy atom. The monoisotopic (exact) mass is 260 g/mol. The SMILES string of the molecule is CCC(=O)NCCNC(=O)c1ccc2nc[nH]c2c1. The van der Waals surface area contributed by atoms with E-state index in [9.17, 15) is 9.59 Å². The van der Waals surface area contributed by atoms with Gasteiger partial charge in [-0.25, -0.2) is 4.98 Å². The molecule has 2 amide bonds. The van der Waals surface area contributed by atoms with E-state index in [0.29, 0.717) is 25.1 Å². The lowest BCUT2D eigenvalue weighted by molar-refractivity contribution is -0.120. The Hall–Kier alpha value is -2.37. The zero-order valence-corrected chi connectivity index (χ0v) is 10.7. The maximum Gasteiger partial charge on any atom is 0.251 e. The molecule has 0 saturated carbocycles. The van der Waals surface area contributed by atoms with Gasteiger partial charge in [0.2, 0.25) is 5.91 Å². The van der Waals surface area contributed by atoms with Crippen molar-refractivity contribution < 1.29 is 9.59 Å². The molecule has 1 heterocycles. The molecular weight excluding hydrogens is 244 g/mol. The molecule has 2 rings (SSSR count). The molecule has 3 N–H and O–H groups in total. The Labute approximate surface area is 110 Å². The Morgan fingerprint density at radius 3 is 2.84 bits per heavy atom. The number of nitrogens with zero attached hydrogens (tertiary/aromatic N) is 1. The van der Waals surface area contributed by atoms with E-state index < -0.39 is 0 Å². The molecule has 0 bridgehead atoms. The lowest BCUT2D eigenvalue weighted by Crippen LogP contribution is -2.34. The molecule has 2 aromatic rings. The van der Waals surface area contributed by atoms with Crippen molar-refractivity contribution in [3.8, 4) is 0 Å². The number of hydrogen-bond acceptors (Lipinski definition) is 3. The van der Waals surface area contributed by atoms with Gasteiger partial charge in [-0.3, -0.25) is 9.59 Å². The molecule has 0 atom stereocenters. The van der Waals surface area contributed by atoms with E-state index in [1.165, 1.54) is 0 Å². The third-order valence-corrected chi connectivity index (χ3v) is 2.74. The van der Waals surface area contributed by atoms with Crippen LogP contribution in [0.1, 0.15) is 23.7 Å². The van der Waals surface area contributed by atoms with Crippen LogP contribution < -0.4 is 10.6 Å². The van der Waals surface area contributed by atoms with Gasteiger partial charge in [0.05, 0.1) is 17.4 Å². The summed E-state index contributed by atoms with van der Waals surface area (Å²) in [6, 6.07) is 5.27. The van der Waals surface area contributed by atoms with Crippen LogP contribution in [0.4, 0.5) is 0 Å². The number of imidazole rings is 1. The first-order chi connectivity index (χ1) is 9.20. The van der Waals surface area contributed by atoms with Crippen LogP contribution in [0.15, 0.2) is 24.5 Å². The van der Waals surface area contributed by atoms with Crippen LogP contribution in [0.3, 0.4) is 0 Å². The Balaban J connectivity index is 1.87. The molecule has 6 heteroatoms. The van der Waals surface area contributed by atoms with Crippen molar-refractivity contribution in [2.75, 3.05) is 13.1 Å². The second kappa shape index (κ2) is 5.99. The summed E-state index contributed by atoms with van der Waals surface area (Å²) >= 11 is 0. The number of benzene rings is 1. The quantitative estimate of drug-likeness (QED) is 0.695. The van der Waals surface area contributed by atoms with Gasteiger partial charge in [0.1, 0.15) is 0 Å². The molecule has 0 aliphatic rings. The fraction of sp³-hybridized carbons (Fsp3) is 0.308. The van der Waals surface area contributed by atoms with Crippen molar-refractivity contribution in [2.45, 2.75) is 13.3 Å². The minimum atomic E-state index is -0.165. The normalized spacial score (nSPS) is 10.4. The van der Waals surface area contributed by atoms with Gasteiger partial charge >= 0.3 is 0 Å². The molecule has 6 nitrogen and oxygen atoms in total. The van der Waals surface area contributed by atoms with Crippen LogP contribution in [0.25, 0.3) is 11.0 Å². The second-order valence-electron chi connectivity index (χ2n) is 4.09. The van der Waals surface area contributed by atoms with Gasteiger partial charge in [-0.1, -0.05) is 6.92 Å². The molecule has 0 fully saturated rings. The maximum absolute atomic E-state index is 11.9. The van der Waals surface area contributed by atoms with E-state index in [0.717, 1.165) is 11.0 Å². The van der Waals surface area contributed by atoms with Crippen molar-refractivity contribution in [3.63, 3.8) is 0 Å². The fourth-order valence-corrected chi connectivity index (χ4v) is 1.68. The lowest BCUT2D eigenvalue weighted by atomic mass is 10.2. The molecular formula is C13H16N4O2. The standard InChI is InChI=1S/C13H16N4O2/c1-2-12(18)14-5-6-15-13(19)9-3-4-10-11(7-9)17-8-16-10/h3-4,7-8H,2,5-6H2,1H3,(H,14,18)(H,15,19)(H,16,17). The topological polar surface area (TPSA) is 86.9 Å². The molecule has 0 unspecified atom stereocenters. The van der Waals surface area contributed by atoms with E-state index in [-0.39, 0.29) is 11.8 Å². The van der Waals surface area contributed by atoms with Gasteiger partial charge in [0.15, 0.2) is 0 Å². The summed E-state index contributed by atoms with van der Waals surface area (Å²) in [5.74, 6) is -0.185. The van der Waals surface area contributed by atoms with Crippen LogP contribution in [0, 0.1) is 0 Å². The minimum absolute atomic E-state index is 0.0203. The molecule has 0 saturated heterocycles. The minimum Gasteiger partial charge on any atom is -0.354 e. The number of aromatic nitrogens is 2. The van der Waals surface area contributed by atoms with Gasteiger partial charge < -0.3 is 15.6 Å². The number of carbonyl (C=O) groups excluding carboxylic acids is 2. The summed E-state index contributed by atoms with van der Waals surface area (Å²) in [4.78, 5) is 29.9. The number of nitrogens with one attached hydrogen (secondary N) is 3. The van der Waals surface area contributed by atoms with Crippen LogP contribution in [0.2, 0.25) is 0 Å². The number of rotatable bonds is 5. The van der Waals surface area contributed by atoms with Crippen molar-refractivity contribution in [3.05, 3.63) is 30.1 Å². The van der Waals surface area contributed by atoms with E-state index in [1.807, 2.05) is 0 Å². The highest BCUT2D eigenvalue weighted by Crippen LogP contribution is 2.11. The summed E-state index contributed by atoms with van der Waals surface area (Å²) in [6.45, 7) is 2.63. The Kier molecular flexibility index (Phi) is 4.12. The molecule has 0 spiro atoms. The van der Waals surface area contributed by atoms with Gasteiger partial charge in [-0.2, -0.15) is 0 Å². The summed E-state index contributed by atoms with van der Waals surface area (Å²) < 4.78 is 0. The van der Waals surface area contributed by atoms with Crippen molar-refractivity contribution in [1.29, 1.82) is 0 Å². The van der Waals surface area contributed by atoms with E-state index >= 15 is 0 Å². The molecule has 19 heavy (non-hydrogen) atoms. The molecule has 1 aromatic heterocycles. The van der Waals surface area contributed by atoms with Gasteiger partial charge in [0, 0.05) is 25.1 Å². The summed E-state index contributed by atoms with van der Waals surface area (Å²) in [5, 5.41) is 5.44. The first-order valence-corrected chi connectivity index (χ1v) is 6.18. The summed E-state index contributed by atoms with van der Waals surface area (Å²) in [6.07, 6.45) is 2.04. The highest BCUT2D eigenvalue weighted by atomic mass is 16.2. The first kappa shape index (κ1) is 13.1. The number of H-pyrrole nitrogens is 1. The molecule has 100 valence electrons. The number of fused-ring (bicyclic) bond motifs is 1. The summed E-state index contributed by atoms with van der Waals surface area (Å²) in [5.41, 5.74) is 2.22. The van der Waals surface area contributed by atoms with E-state index in [4.69, 9.17) is 0 Å². The zero-order valence-electron chi connectivity index (χ0n) is 10.7. The third-order valence-electron chi connectivity index (χ3n) is 2.74. The van der Waals surface area contributed by atoms with Crippen LogP contribution in [0.5, 0.6) is 0 Å². The average Bonchev–Trinajstić information content (AvgIpc) is 2.90. The number of aromatic amines is 1. The van der Waals surface area contributed by atoms with E-state index in [1.54, 1.807) is 31.5 Å². The fourth-order valence-electron chi connectivity index (χ4n) is 1.68. The van der Waals surface area contributed by atoms with E-state index in [2.05, 4.69) is 20.6 Å². The van der Waals surface area contributed by atoms with Crippen molar-refractivity contribution in [2.24, 2.45) is 0 Å². The van der Waals surface area contributed by atoms with Gasteiger partial charge in [-0.15, -0.1) is 0 Å². The Bertz CT molecular complexity index is 591. The average molecular weight is 260 g/mol. The highest BCUT2D eigenvalue weighted by molar-refractivity contribution is 5.97. The second-order valence-corrected chi connectivity index (χ2v) is 4.09. The smallest absolute Gasteiger partial charge is 0.251 e. The predicted molar refractivity (Wildman–Crippen MR) is 71.7 cm³/mol. The summed E-state index contributed by atoms with van der Waals surface area (Å²) in [7, 11) is 0. The number of carbonyl (C=O) groups is 2. The number of amides is 2. The molecule has 0 aliphatic heterocycles. The Morgan fingerprint density at radius 1 is 1.26 bits per heavy atom. The highest BCUT2D eigenvalue weighted by Gasteiger charge is 2.06. The predicted octanol–water partition coefficient (Wildman–Crippen LogP) is 0.819. The van der Waals surface area contributed by atoms with Gasteiger partial charge in [0.25, 0.3) is 5.91 Å². The van der Waals surface area contributed by atoms with Crippen LogP contribution in [-0.2, 0) is 4.79 Å². The van der Waals surface area contributed by atoms with Crippen molar-refractivity contribution >= 4 is 22.8 Å². The first-order valence-electron chi connectivity index (χ1n) is 6.18. The molecule has 1 aromatic carbocycles. The van der Waals surface area contributed by atoms with Gasteiger partial charge in [-0.05, 0) is 18.2 Å². The molecule has 0 aliphatic carbocycles. The van der Waals surface area contributed by atoms with Crippen LogP contribution in [-0.4, -0.2) is 34.9 Å². The third kappa shape index (κ3) is 3.31. The van der Waals surface area contributed by atoms with Crippen molar-refractivity contribution in [1.82, 2.24) is 20.6 Å². The lowest BCUT2D eigenvalue weighted by Gasteiger charge is -2.06.